The Balaban J connectivity index is 2.35. The van der Waals surface area contributed by atoms with Gasteiger partial charge < -0.3 is 14.6 Å². The van der Waals surface area contributed by atoms with Crippen molar-refractivity contribution in [1.29, 1.82) is 0 Å². The Labute approximate surface area is 47.3 Å². The smallest absolute Gasteiger partial charge is 0.0547 e. The Hall–Kier alpha value is -0.570. The van der Waals surface area contributed by atoms with Crippen molar-refractivity contribution in [2.45, 2.75) is 6.42 Å². The van der Waals surface area contributed by atoms with E-state index in [9.17, 15) is 9.90 Å². The zero-order valence-electron chi connectivity index (χ0n) is 4.42. The van der Waals surface area contributed by atoms with Gasteiger partial charge in [-0.25, -0.2) is 0 Å². The fourth-order valence-corrected chi connectivity index (χ4v) is 0.720. The van der Waals surface area contributed by atoms with Crippen LogP contribution in [-0.4, -0.2) is 19.2 Å². The van der Waals surface area contributed by atoms with Crippen molar-refractivity contribution in [3.8, 4) is 0 Å². The number of hydrogen-bond acceptors (Lipinski definition) is 3. The summed E-state index contributed by atoms with van der Waals surface area (Å²) in [6.07, 6.45) is 0.613. The maximum atomic E-state index is 10.0. The molecule has 1 heterocycles. The summed E-state index contributed by atoms with van der Waals surface area (Å²) in [5.74, 6) is -1.34. The molecule has 1 atom stereocenters. The lowest BCUT2D eigenvalue weighted by Gasteiger charge is -2.05. The van der Waals surface area contributed by atoms with Gasteiger partial charge in [-0.3, -0.25) is 0 Å². The maximum absolute atomic E-state index is 10.0. The molecule has 0 radical (unpaired) electrons. The molecule has 0 N–H and O–H groups in total. The highest BCUT2D eigenvalue weighted by Gasteiger charge is 2.15. The molecule has 0 aromatic carbocycles. The molecule has 3 heteroatoms. The normalized spacial score (nSPS) is 28.2. The van der Waals surface area contributed by atoms with Crippen LogP contribution in [0.1, 0.15) is 6.42 Å². The molecular formula is C5H7O3-. The quantitative estimate of drug-likeness (QED) is 0.430. The van der Waals surface area contributed by atoms with Crippen LogP contribution in [-0.2, 0) is 9.53 Å². The van der Waals surface area contributed by atoms with Gasteiger partial charge >= 0.3 is 0 Å². The SMILES string of the molecule is O=C([O-])[C@H]1CCOC1. The van der Waals surface area contributed by atoms with E-state index in [1.54, 1.807) is 0 Å². The van der Waals surface area contributed by atoms with E-state index in [0.717, 1.165) is 0 Å². The van der Waals surface area contributed by atoms with E-state index in [1.165, 1.54) is 0 Å². The Morgan fingerprint density at radius 2 is 2.50 bits per heavy atom. The molecule has 0 unspecified atom stereocenters. The van der Waals surface area contributed by atoms with Crippen molar-refractivity contribution in [2.75, 3.05) is 13.2 Å². The predicted octanol–water partition coefficient (Wildman–Crippen LogP) is -1.23. The molecule has 1 aliphatic heterocycles. The molecule has 1 aliphatic rings. The highest BCUT2D eigenvalue weighted by molar-refractivity contribution is 5.67. The average molecular weight is 115 g/mol. The third-order valence-corrected chi connectivity index (χ3v) is 1.26. The summed E-state index contributed by atoms with van der Waals surface area (Å²) in [6.45, 7) is 0.904. The molecule has 1 fully saturated rings. The van der Waals surface area contributed by atoms with Gasteiger partial charge in [0, 0.05) is 18.5 Å². The van der Waals surface area contributed by atoms with Crippen LogP contribution < -0.4 is 5.11 Å². The summed E-state index contributed by atoms with van der Waals surface area (Å²) in [5, 5.41) is 10.0. The van der Waals surface area contributed by atoms with Crippen LogP contribution >= 0.6 is 0 Å². The van der Waals surface area contributed by atoms with Crippen molar-refractivity contribution in [3.63, 3.8) is 0 Å². The second kappa shape index (κ2) is 2.13. The van der Waals surface area contributed by atoms with Crippen LogP contribution in [0.4, 0.5) is 0 Å². The molecule has 0 amide bonds. The van der Waals surface area contributed by atoms with Crippen LogP contribution in [0.5, 0.6) is 0 Å². The Bertz CT molecular complexity index is 93.8. The number of carboxylic acid groups (broad SMARTS) is 1. The van der Waals surface area contributed by atoms with Gasteiger partial charge in [0.1, 0.15) is 0 Å². The average Bonchev–Trinajstić information content (AvgIpc) is 2.12. The van der Waals surface area contributed by atoms with Crippen LogP contribution in [0.3, 0.4) is 0 Å². The molecule has 0 aromatic heterocycles. The van der Waals surface area contributed by atoms with Gasteiger partial charge in [0.15, 0.2) is 0 Å². The number of carbonyl (C=O) groups is 1. The first-order valence-corrected chi connectivity index (χ1v) is 2.59. The van der Waals surface area contributed by atoms with Crippen molar-refractivity contribution >= 4 is 5.97 Å². The minimum Gasteiger partial charge on any atom is -0.550 e. The van der Waals surface area contributed by atoms with Crippen LogP contribution in [0.15, 0.2) is 0 Å². The van der Waals surface area contributed by atoms with E-state index in [4.69, 9.17) is 4.74 Å². The lowest BCUT2D eigenvalue weighted by molar-refractivity contribution is -0.311. The molecule has 46 valence electrons. The van der Waals surface area contributed by atoms with Gasteiger partial charge in [0.05, 0.1) is 6.61 Å². The summed E-state index contributed by atoms with van der Waals surface area (Å²) >= 11 is 0. The number of hydrogen-bond donors (Lipinski definition) is 0. The lowest BCUT2D eigenvalue weighted by atomic mass is 10.1. The highest BCUT2D eigenvalue weighted by Crippen LogP contribution is 2.09. The van der Waals surface area contributed by atoms with Crippen molar-refractivity contribution in [2.24, 2.45) is 5.92 Å². The fraction of sp³-hybridized carbons (Fsp3) is 0.800. The van der Waals surface area contributed by atoms with Crippen molar-refractivity contribution in [3.05, 3.63) is 0 Å². The Morgan fingerprint density at radius 1 is 1.75 bits per heavy atom. The number of carboxylic acids is 1. The first-order valence-electron chi connectivity index (χ1n) is 2.59. The first kappa shape index (κ1) is 5.56. The van der Waals surface area contributed by atoms with E-state index in [0.29, 0.717) is 19.6 Å². The Kier molecular flexibility index (Phi) is 1.48. The van der Waals surface area contributed by atoms with E-state index in [2.05, 4.69) is 0 Å². The number of rotatable bonds is 1. The summed E-state index contributed by atoms with van der Waals surface area (Å²) < 4.78 is 4.80. The molecule has 3 nitrogen and oxygen atoms in total. The second-order valence-electron chi connectivity index (χ2n) is 1.88. The lowest BCUT2D eigenvalue weighted by Crippen LogP contribution is -2.31. The van der Waals surface area contributed by atoms with Crippen LogP contribution in [0, 0.1) is 5.92 Å². The van der Waals surface area contributed by atoms with Crippen molar-refractivity contribution in [1.82, 2.24) is 0 Å². The van der Waals surface area contributed by atoms with E-state index >= 15 is 0 Å². The van der Waals surface area contributed by atoms with E-state index in [-0.39, 0.29) is 5.92 Å². The largest absolute Gasteiger partial charge is 0.550 e. The monoisotopic (exact) mass is 115 g/mol. The molecule has 0 bridgehead atoms. The van der Waals surface area contributed by atoms with Gasteiger partial charge in [-0.1, -0.05) is 0 Å². The molecule has 0 aromatic rings. The van der Waals surface area contributed by atoms with E-state index < -0.39 is 5.97 Å². The zero-order valence-corrected chi connectivity index (χ0v) is 4.42. The molecule has 1 rings (SSSR count). The summed E-state index contributed by atoms with van der Waals surface area (Å²) in [6, 6.07) is 0. The van der Waals surface area contributed by atoms with Gasteiger partial charge in [0.2, 0.25) is 0 Å². The van der Waals surface area contributed by atoms with Gasteiger partial charge in [0.25, 0.3) is 0 Å². The zero-order chi connectivity index (χ0) is 5.98. The summed E-state index contributed by atoms with van der Waals surface area (Å²) in [7, 11) is 0. The van der Waals surface area contributed by atoms with Gasteiger partial charge in [-0.15, -0.1) is 0 Å². The molecular weight excluding hydrogens is 108 g/mol. The maximum Gasteiger partial charge on any atom is 0.0547 e. The number of ether oxygens (including phenoxy) is 1. The van der Waals surface area contributed by atoms with Gasteiger partial charge in [-0.2, -0.15) is 0 Å². The number of carbonyl (C=O) groups excluding carboxylic acids is 1. The minimum absolute atomic E-state index is 0.336. The molecule has 1 saturated heterocycles. The third-order valence-electron chi connectivity index (χ3n) is 1.26. The van der Waals surface area contributed by atoms with Gasteiger partial charge in [-0.05, 0) is 6.42 Å². The standard InChI is InChI=1S/C5H8O3/c6-5(7)4-1-2-8-3-4/h4H,1-3H2,(H,6,7)/p-1/t4-/m0/s1. The molecule has 0 aliphatic carbocycles. The van der Waals surface area contributed by atoms with E-state index in [1.807, 2.05) is 0 Å². The first-order chi connectivity index (χ1) is 3.80. The Morgan fingerprint density at radius 3 is 2.75 bits per heavy atom. The molecule has 0 spiro atoms. The van der Waals surface area contributed by atoms with Crippen molar-refractivity contribution < 1.29 is 14.6 Å². The predicted molar refractivity (Wildman–Crippen MR) is 23.9 cm³/mol. The topological polar surface area (TPSA) is 49.4 Å². The third kappa shape index (κ3) is 0.980. The molecule has 8 heavy (non-hydrogen) atoms. The fourth-order valence-electron chi connectivity index (χ4n) is 0.720. The second-order valence-corrected chi connectivity index (χ2v) is 1.88. The highest BCUT2D eigenvalue weighted by atomic mass is 16.5. The molecule has 0 saturated carbocycles. The summed E-state index contributed by atoms with van der Waals surface area (Å²) in [4.78, 5) is 10.0. The number of aliphatic carboxylic acids is 1. The summed E-state index contributed by atoms with van der Waals surface area (Å²) in [5.41, 5.74) is 0. The minimum atomic E-state index is -0.984. The van der Waals surface area contributed by atoms with Crippen LogP contribution in [0.25, 0.3) is 0 Å². The van der Waals surface area contributed by atoms with Crippen LogP contribution in [0.2, 0.25) is 0 Å².